The summed E-state index contributed by atoms with van der Waals surface area (Å²) in [6.45, 7) is 5.22. The number of hydrogen-bond donors (Lipinski definition) is 0. The summed E-state index contributed by atoms with van der Waals surface area (Å²) in [6.07, 6.45) is 4.31. The molecule has 2 nitrogen and oxygen atoms in total. The fraction of sp³-hybridized carbons (Fsp3) is 0.667. The van der Waals surface area contributed by atoms with E-state index in [2.05, 4.69) is 6.58 Å². The van der Waals surface area contributed by atoms with E-state index in [1.807, 2.05) is 0 Å². The maximum Gasteiger partial charge on any atom is 0.313 e. The molecule has 1 aliphatic rings. The molecule has 1 aliphatic carbocycles. The van der Waals surface area contributed by atoms with Crippen molar-refractivity contribution in [3.05, 3.63) is 12.3 Å². The predicted molar refractivity (Wildman–Crippen MR) is 42.9 cm³/mol. The number of rotatable bonds is 2. The van der Waals surface area contributed by atoms with Crippen LogP contribution in [0.3, 0.4) is 0 Å². The largest absolute Gasteiger partial charge is 0.432 e. The van der Waals surface area contributed by atoms with Gasteiger partial charge in [0.1, 0.15) is 0 Å². The molecule has 1 rings (SSSR count). The molecule has 2 heteroatoms. The number of allylic oxidation sites excluding steroid dienone is 1. The lowest BCUT2D eigenvalue weighted by molar-refractivity contribution is -0.143. The topological polar surface area (TPSA) is 26.3 Å². The summed E-state index contributed by atoms with van der Waals surface area (Å²) >= 11 is 0. The minimum absolute atomic E-state index is 0.0880. The molecule has 0 heterocycles. The van der Waals surface area contributed by atoms with Gasteiger partial charge >= 0.3 is 5.97 Å². The zero-order valence-electron chi connectivity index (χ0n) is 6.93. The maximum atomic E-state index is 11.2. The van der Waals surface area contributed by atoms with Gasteiger partial charge in [-0.05, 0) is 19.8 Å². The van der Waals surface area contributed by atoms with Gasteiger partial charge in [0.05, 0.1) is 11.7 Å². The number of carbonyl (C=O) groups excluding carboxylic acids is 1. The average molecular weight is 154 g/mol. The number of hydrogen-bond acceptors (Lipinski definition) is 2. The molecular formula is C9H14O2. The van der Waals surface area contributed by atoms with Crippen molar-refractivity contribution >= 4 is 5.97 Å². The molecule has 1 fully saturated rings. The van der Waals surface area contributed by atoms with E-state index in [4.69, 9.17) is 4.74 Å². The van der Waals surface area contributed by atoms with Crippen molar-refractivity contribution in [2.45, 2.75) is 32.6 Å². The molecule has 0 aromatic rings. The van der Waals surface area contributed by atoms with Crippen molar-refractivity contribution in [2.75, 3.05) is 0 Å². The summed E-state index contributed by atoms with van der Waals surface area (Å²) < 4.78 is 4.90. The molecule has 0 atom stereocenters. The number of ether oxygens (including phenoxy) is 1. The maximum absolute atomic E-state index is 11.2. The Morgan fingerprint density at radius 1 is 1.45 bits per heavy atom. The highest BCUT2D eigenvalue weighted by atomic mass is 16.5. The molecule has 62 valence electrons. The predicted octanol–water partition coefficient (Wildman–Crippen LogP) is 2.25. The van der Waals surface area contributed by atoms with Crippen LogP contribution < -0.4 is 0 Å². The van der Waals surface area contributed by atoms with Crippen LogP contribution in [0.15, 0.2) is 12.3 Å². The van der Waals surface area contributed by atoms with Gasteiger partial charge in [-0.2, -0.15) is 0 Å². The van der Waals surface area contributed by atoms with Crippen LogP contribution >= 0.6 is 0 Å². The highest BCUT2D eigenvalue weighted by Crippen LogP contribution is 2.26. The lowest BCUT2D eigenvalue weighted by Crippen LogP contribution is -2.13. The molecule has 0 unspecified atom stereocenters. The first-order valence-corrected chi connectivity index (χ1v) is 4.07. The van der Waals surface area contributed by atoms with Crippen molar-refractivity contribution in [1.29, 1.82) is 0 Å². The van der Waals surface area contributed by atoms with Crippen LogP contribution in [0.4, 0.5) is 0 Å². The molecule has 0 aromatic carbocycles. The van der Waals surface area contributed by atoms with Crippen LogP contribution in [0.5, 0.6) is 0 Å². The Bertz CT molecular complexity index is 166. The third kappa shape index (κ3) is 2.37. The lowest BCUT2D eigenvalue weighted by Gasteiger charge is -2.07. The molecule has 0 saturated heterocycles. The van der Waals surface area contributed by atoms with E-state index in [1.165, 1.54) is 0 Å². The van der Waals surface area contributed by atoms with E-state index >= 15 is 0 Å². The minimum Gasteiger partial charge on any atom is -0.432 e. The SMILES string of the molecule is C=C(C)OC(=O)C1CCCC1. The Morgan fingerprint density at radius 2 is 2.00 bits per heavy atom. The quantitative estimate of drug-likeness (QED) is 0.450. The first kappa shape index (κ1) is 8.31. The van der Waals surface area contributed by atoms with Gasteiger partial charge < -0.3 is 4.74 Å². The molecule has 0 amide bonds. The van der Waals surface area contributed by atoms with Crippen LogP contribution in [0.1, 0.15) is 32.6 Å². The monoisotopic (exact) mass is 154 g/mol. The van der Waals surface area contributed by atoms with Gasteiger partial charge in [-0.1, -0.05) is 19.4 Å². The van der Waals surface area contributed by atoms with Gasteiger partial charge in [-0.25, -0.2) is 0 Å². The second-order valence-electron chi connectivity index (χ2n) is 3.10. The van der Waals surface area contributed by atoms with E-state index in [0.29, 0.717) is 5.76 Å². The highest BCUT2D eigenvalue weighted by molar-refractivity contribution is 5.73. The Hall–Kier alpha value is -0.790. The van der Waals surface area contributed by atoms with Crippen molar-refractivity contribution < 1.29 is 9.53 Å². The van der Waals surface area contributed by atoms with Gasteiger partial charge in [0.25, 0.3) is 0 Å². The molecule has 0 N–H and O–H groups in total. The molecule has 11 heavy (non-hydrogen) atoms. The Balaban J connectivity index is 2.34. The molecule has 0 aromatic heterocycles. The summed E-state index contributed by atoms with van der Waals surface area (Å²) in [7, 11) is 0. The van der Waals surface area contributed by atoms with Crippen LogP contribution in [0, 0.1) is 5.92 Å². The second-order valence-corrected chi connectivity index (χ2v) is 3.10. The lowest BCUT2D eigenvalue weighted by atomic mass is 10.1. The Kier molecular flexibility index (Phi) is 2.69. The van der Waals surface area contributed by atoms with Crippen LogP contribution in [0.2, 0.25) is 0 Å². The molecule has 0 aliphatic heterocycles. The first-order valence-electron chi connectivity index (χ1n) is 4.07. The average Bonchev–Trinajstić information content (AvgIpc) is 2.35. The van der Waals surface area contributed by atoms with Crippen LogP contribution in [-0.2, 0) is 9.53 Å². The van der Waals surface area contributed by atoms with E-state index in [1.54, 1.807) is 6.92 Å². The molecule has 0 radical (unpaired) electrons. The molecular weight excluding hydrogens is 140 g/mol. The molecule has 0 spiro atoms. The summed E-state index contributed by atoms with van der Waals surface area (Å²) in [4.78, 5) is 11.2. The normalized spacial score (nSPS) is 18.3. The zero-order chi connectivity index (χ0) is 8.27. The number of carbonyl (C=O) groups is 1. The van der Waals surface area contributed by atoms with Crippen LogP contribution in [0.25, 0.3) is 0 Å². The van der Waals surface area contributed by atoms with Gasteiger partial charge in [-0.15, -0.1) is 0 Å². The van der Waals surface area contributed by atoms with Crippen molar-refractivity contribution in [1.82, 2.24) is 0 Å². The van der Waals surface area contributed by atoms with Gasteiger partial charge in [0.2, 0.25) is 0 Å². The smallest absolute Gasteiger partial charge is 0.313 e. The zero-order valence-corrected chi connectivity index (χ0v) is 6.93. The van der Waals surface area contributed by atoms with Crippen molar-refractivity contribution in [2.24, 2.45) is 5.92 Å². The van der Waals surface area contributed by atoms with E-state index in [9.17, 15) is 4.79 Å². The molecule has 1 saturated carbocycles. The number of esters is 1. The van der Waals surface area contributed by atoms with Crippen LogP contribution in [-0.4, -0.2) is 5.97 Å². The van der Waals surface area contributed by atoms with Gasteiger partial charge in [0, 0.05) is 0 Å². The first-order chi connectivity index (χ1) is 5.20. The van der Waals surface area contributed by atoms with E-state index in [0.717, 1.165) is 25.7 Å². The summed E-state index contributed by atoms with van der Waals surface area (Å²) in [5.41, 5.74) is 0. The third-order valence-electron chi connectivity index (χ3n) is 1.96. The van der Waals surface area contributed by atoms with Crippen molar-refractivity contribution in [3.8, 4) is 0 Å². The Labute approximate surface area is 67.2 Å². The van der Waals surface area contributed by atoms with E-state index < -0.39 is 0 Å². The Morgan fingerprint density at radius 3 is 2.45 bits per heavy atom. The second kappa shape index (κ2) is 3.56. The third-order valence-corrected chi connectivity index (χ3v) is 1.96. The minimum atomic E-state index is -0.0880. The standard InChI is InChI=1S/C9H14O2/c1-7(2)11-9(10)8-5-3-4-6-8/h8H,1,3-6H2,2H3. The van der Waals surface area contributed by atoms with E-state index in [-0.39, 0.29) is 11.9 Å². The van der Waals surface area contributed by atoms with Crippen molar-refractivity contribution in [3.63, 3.8) is 0 Å². The summed E-state index contributed by atoms with van der Waals surface area (Å²) in [5.74, 6) is 0.559. The van der Waals surface area contributed by atoms with Gasteiger partial charge in [0.15, 0.2) is 0 Å². The van der Waals surface area contributed by atoms with Gasteiger partial charge in [-0.3, -0.25) is 4.79 Å². The summed E-state index contributed by atoms with van der Waals surface area (Å²) in [6, 6.07) is 0. The summed E-state index contributed by atoms with van der Waals surface area (Å²) in [5, 5.41) is 0. The fourth-order valence-corrected chi connectivity index (χ4v) is 1.42. The molecule has 0 bridgehead atoms. The highest BCUT2D eigenvalue weighted by Gasteiger charge is 2.23. The fourth-order valence-electron chi connectivity index (χ4n) is 1.42.